The van der Waals surface area contributed by atoms with Gasteiger partial charge in [-0.1, -0.05) is 103 Å². The summed E-state index contributed by atoms with van der Waals surface area (Å²) in [6.07, 6.45) is 9.94. The molecule has 2 nitrogen and oxygen atoms in total. The third kappa shape index (κ3) is 3.07. The normalized spacial score (nSPS) is 15.3. The molecule has 0 saturated carbocycles. The van der Waals surface area contributed by atoms with Crippen molar-refractivity contribution in [2.45, 2.75) is 12.5 Å². The number of fused-ring (bicyclic) bond motifs is 7. The van der Waals surface area contributed by atoms with Gasteiger partial charge < -0.3 is 9.13 Å². The van der Waals surface area contributed by atoms with Crippen molar-refractivity contribution in [1.82, 2.24) is 9.13 Å². The molecule has 0 aliphatic heterocycles. The van der Waals surface area contributed by atoms with Crippen LogP contribution in [0.5, 0.6) is 0 Å². The van der Waals surface area contributed by atoms with Crippen molar-refractivity contribution >= 4 is 43.6 Å². The molecule has 0 amide bonds. The van der Waals surface area contributed by atoms with E-state index in [1.165, 1.54) is 60.4 Å². The summed E-state index contributed by atoms with van der Waals surface area (Å²) < 4.78 is 4.96. The van der Waals surface area contributed by atoms with E-state index in [4.69, 9.17) is 0 Å². The first-order chi connectivity index (χ1) is 18.9. The molecule has 1 aliphatic rings. The van der Waals surface area contributed by atoms with Crippen molar-refractivity contribution in [2.24, 2.45) is 0 Å². The molecule has 7 aromatic rings. The molecule has 2 heteroatoms. The largest absolute Gasteiger partial charge is 0.333 e. The lowest BCUT2D eigenvalue weighted by Crippen LogP contribution is -2.06. The van der Waals surface area contributed by atoms with Crippen LogP contribution < -0.4 is 0 Å². The van der Waals surface area contributed by atoms with Gasteiger partial charge in [0.15, 0.2) is 0 Å². The molecular weight excluding hydrogens is 460 g/mol. The fourth-order valence-electron chi connectivity index (χ4n) is 6.38. The number of nitrogens with zero attached hydrogens (tertiary/aromatic N) is 2. The number of rotatable bonds is 3. The van der Waals surface area contributed by atoms with Crippen LogP contribution in [-0.4, -0.2) is 9.13 Å². The minimum Gasteiger partial charge on any atom is -0.333 e. The van der Waals surface area contributed by atoms with Crippen LogP contribution in [0.3, 0.4) is 0 Å². The Balaban J connectivity index is 1.43. The van der Waals surface area contributed by atoms with Crippen LogP contribution in [0.15, 0.2) is 140 Å². The predicted molar refractivity (Wildman–Crippen MR) is 161 cm³/mol. The Hall–Kier alpha value is -4.82. The minimum absolute atomic E-state index is 0.318. The molecule has 0 bridgehead atoms. The fraction of sp³-hybridized carbons (Fsp3) is 0.0556. The number of hydrogen-bond acceptors (Lipinski definition) is 0. The van der Waals surface area contributed by atoms with Crippen LogP contribution in [0.25, 0.3) is 60.4 Å². The molecule has 8 rings (SSSR count). The van der Waals surface area contributed by atoms with E-state index in [2.05, 4.69) is 149 Å². The Morgan fingerprint density at radius 1 is 0.500 bits per heavy atom. The van der Waals surface area contributed by atoms with E-state index in [0.29, 0.717) is 6.04 Å². The van der Waals surface area contributed by atoms with Crippen molar-refractivity contribution in [3.05, 3.63) is 140 Å². The van der Waals surface area contributed by atoms with Crippen LogP contribution in [0, 0.1) is 0 Å². The summed E-state index contributed by atoms with van der Waals surface area (Å²) in [5.74, 6) is 0. The van der Waals surface area contributed by atoms with Crippen molar-refractivity contribution < 1.29 is 0 Å². The van der Waals surface area contributed by atoms with E-state index in [0.717, 1.165) is 6.42 Å². The first-order valence-electron chi connectivity index (χ1n) is 13.3. The summed E-state index contributed by atoms with van der Waals surface area (Å²) in [4.78, 5) is 0. The second kappa shape index (κ2) is 8.36. The monoisotopic (exact) mass is 486 g/mol. The number of hydrogen-bond donors (Lipinski definition) is 0. The van der Waals surface area contributed by atoms with Crippen molar-refractivity contribution in [3.8, 4) is 16.8 Å². The molecule has 2 aromatic heterocycles. The van der Waals surface area contributed by atoms with Crippen molar-refractivity contribution in [3.63, 3.8) is 0 Å². The highest BCUT2D eigenvalue weighted by Gasteiger charge is 2.22. The smallest absolute Gasteiger partial charge is 0.0560 e. The molecule has 5 aromatic carbocycles. The molecule has 2 heterocycles. The van der Waals surface area contributed by atoms with Crippen LogP contribution in [0.4, 0.5) is 0 Å². The summed E-state index contributed by atoms with van der Waals surface area (Å²) >= 11 is 0. The van der Waals surface area contributed by atoms with Gasteiger partial charge in [0.2, 0.25) is 0 Å². The summed E-state index contributed by atoms with van der Waals surface area (Å²) in [6.45, 7) is 0. The summed E-state index contributed by atoms with van der Waals surface area (Å²) in [5.41, 5.74) is 8.72. The average molecular weight is 487 g/mol. The Kier molecular flexibility index (Phi) is 4.68. The van der Waals surface area contributed by atoms with E-state index in [9.17, 15) is 0 Å². The molecule has 1 aliphatic carbocycles. The minimum atomic E-state index is 0.318. The van der Waals surface area contributed by atoms with Crippen LogP contribution in [0.2, 0.25) is 0 Å². The van der Waals surface area contributed by atoms with Crippen LogP contribution in [0.1, 0.15) is 12.5 Å². The third-order valence-corrected chi connectivity index (χ3v) is 8.03. The van der Waals surface area contributed by atoms with E-state index >= 15 is 0 Å². The molecule has 0 radical (unpaired) electrons. The van der Waals surface area contributed by atoms with Gasteiger partial charge in [0.05, 0.1) is 22.6 Å². The van der Waals surface area contributed by atoms with E-state index < -0.39 is 0 Å². The second-order valence-corrected chi connectivity index (χ2v) is 10.1. The van der Waals surface area contributed by atoms with Gasteiger partial charge in [0.25, 0.3) is 0 Å². The number of para-hydroxylation sites is 2. The van der Waals surface area contributed by atoms with Gasteiger partial charge in [0.1, 0.15) is 0 Å². The molecule has 38 heavy (non-hydrogen) atoms. The molecule has 0 N–H and O–H groups in total. The maximum atomic E-state index is 2.53. The molecule has 0 spiro atoms. The van der Waals surface area contributed by atoms with Gasteiger partial charge in [-0.05, 0) is 53.9 Å². The summed E-state index contributed by atoms with van der Waals surface area (Å²) in [5, 5.41) is 5.29. The van der Waals surface area contributed by atoms with Gasteiger partial charge in [-0.2, -0.15) is 0 Å². The van der Waals surface area contributed by atoms with Gasteiger partial charge in [-0.15, -0.1) is 0 Å². The lowest BCUT2D eigenvalue weighted by atomic mass is 10.1. The van der Waals surface area contributed by atoms with Crippen LogP contribution >= 0.6 is 0 Å². The Labute approximate surface area is 221 Å². The SMILES string of the molecule is C1=CCC(n2c3ccccc3c3c4c5ccccc5n(-c5ccc(-c6ccccc6)cc5)c4ccc32)C=C1. The highest BCUT2D eigenvalue weighted by Crippen LogP contribution is 2.43. The highest BCUT2D eigenvalue weighted by molar-refractivity contribution is 6.28. The quantitative estimate of drug-likeness (QED) is 0.235. The highest BCUT2D eigenvalue weighted by atomic mass is 15.0. The van der Waals surface area contributed by atoms with Gasteiger partial charge in [0, 0.05) is 32.7 Å². The Morgan fingerprint density at radius 3 is 1.89 bits per heavy atom. The molecule has 0 saturated heterocycles. The van der Waals surface area contributed by atoms with Gasteiger partial charge in [-0.3, -0.25) is 0 Å². The number of allylic oxidation sites excluding steroid dienone is 4. The van der Waals surface area contributed by atoms with E-state index in [1.807, 2.05) is 0 Å². The summed E-state index contributed by atoms with van der Waals surface area (Å²) in [6, 6.07) is 42.3. The third-order valence-electron chi connectivity index (χ3n) is 8.03. The molecule has 0 fully saturated rings. The summed E-state index contributed by atoms with van der Waals surface area (Å²) in [7, 11) is 0. The molecule has 1 unspecified atom stereocenters. The first-order valence-corrected chi connectivity index (χ1v) is 13.3. The van der Waals surface area contributed by atoms with E-state index in [-0.39, 0.29) is 0 Å². The molecule has 180 valence electrons. The van der Waals surface area contributed by atoms with Crippen LogP contribution in [-0.2, 0) is 0 Å². The zero-order valence-corrected chi connectivity index (χ0v) is 21.0. The van der Waals surface area contributed by atoms with Crippen molar-refractivity contribution in [1.29, 1.82) is 0 Å². The first kappa shape index (κ1) is 21.3. The maximum absolute atomic E-state index is 2.53. The number of benzene rings is 5. The topological polar surface area (TPSA) is 9.86 Å². The lowest BCUT2D eigenvalue weighted by Gasteiger charge is -2.18. The molecular formula is C36H26N2. The van der Waals surface area contributed by atoms with Gasteiger partial charge >= 0.3 is 0 Å². The standard InChI is InChI=1S/C36H26N2/c1-3-11-25(12-4-1)26-19-21-28(22-20-26)38-32-18-10-8-16-30(32)36-34(38)24-23-33-35(36)29-15-7-9-17-31(29)37(33)27-13-5-2-6-14-27/h1-13,15-24,27H,14H2. The Morgan fingerprint density at radius 2 is 1.13 bits per heavy atom. The molecule has 1 atom stereocenters. The van der Waals surface area contributed by atoms with Crippen molar-refractivity contribution in [2.75, 3.05) is 0 Å². The fourth-order valence-corrected chi connectivity index (χ4v) is 6.38. The zero-order valence-electron chi connectivity index (χ0n) is 21.0. The second-order valence-electron chi connectivity index (χ2n) is 10.1. The average Bonchev–Trinajstić information content (AvgIpc) is 3.51. The van der Waals surface area contributed by atoms with Gasteiger partial charge in [-0.25, -0.2) is 0 Å². The number of aromatic nitrogens is 2. The lowest BCUT2D eigenvalue weighted by molar-refractivity contribution is 0.648. The maximum Gasteiger partial charge on any atom is 0.0560 e. The predicted octanol–water partition coefficient (Wildman–Crippen LogP) is 9.62. The zero-order chi connectivity index (χ0) is 25.1. The Bertz CT molecular complexity index is 2030. The van der Waals surface area contributed by atoms with E-state index in [1.54, 1.807) is 0 Å².